The van der Waals surface area contributed by atoms with Gasteiger partial charge in [-0.3, -0.25) is 4.79 Å². The van der Waals surface area contributed by atoms with Gasteiger partial charge in [0.2, 0.25) is 0 Å². The third kappa shape index (κ3) is 4.00. The third-order valence-electron chi connectivity index (χ3n) is 4.30. The molecule has 3 rings (SSSR count). The maximum Gasteiger partial charge on any atom is 0.263 e. The standard InChI is InChI=1S/C22H23NO2/c1-3-20(22(24)23(2)16-17-10-5-4-6-11-17)25-21-15-9-13-18-12-7-8-14-19(18)21/h4-15,20H,3,16H2,1-2H3/t20-/m1/s1. The van der Waals surface area contributed by atoms with Crippen molar-refractivity contribution in [1.82, 2.24) is 4.90 Å². The molecule has 0 radical (unpaired) electrons. The van der Waals surface area contributed by atoms with Crippen molar-refractivity contribution in [2.45, 2.75) is 26.0 Å². The highest BCUT2D eigenvalue weighted by Gasteiger charge is 2.23. The first kappa shape index (κ1) is 17.0. The molecular formula is C22H23NO2. The van der Waals surface area contributed by atoms with Crippen LogP contribution in [0.5, 0.6) is 5.75 Å². The highest BCUT2D eigenvalue weighted by atomic mass is 16.5. The molecule has 0 aliphatic heterocycles. The van der Waals surface area contributed by atoms with Crippen molar-refractivity contribution in [3.05, 3.63) is 78.4 Å². The summed E-state index contributed by atoms with van der Waals surface area (Å²) in [6, 6.07) is 24.0. The molecule has 1 amide bonds. The van der Waals surface area contributed by atoms with Gasteiger partial charge in [-0.2, -0.15) is 0 Å². The summed E-state index contributed by atoms with van der Waals surface area (Å²) in [5.74, 6) is 0.755. The van der Waals surface area contributed by atoms with Crippen LogP contribution in [0.1, 0.15) is 18.9 Å². The van der Waals surface area contributed by atoms with Gasteiger partial charge in [0.05, 0.1) is 0 Å². The number of fused-ring (bicyclic) bond motifs is 1. The summed E-state index contributed by atoms with van der Waals surface area (Å²) in [6.45, 7) is 2.55. The molecule has 0 aliphatic rings. The molecule has 1 atom stereocenters. The Morgan fingerprint density at radius 3 is 2.40 bits per heavy atom. The van der Waals surface area contributed by atoms with Crippen LogP contribution in [0.3, 0.4) is 0 Å². The van der Waals surface area contributed by atoms with Crippen molar-refractivity contribution in [3.8, 4) is 5.75 Å². The summed E-state index contributed by atoms with van der Waals surface area (Å²) >= 11 is 0. The number of ether oxygens (including phenoxy) is 1. The number of carbonyl (C=O) groups is 1. The molecular weight excluding hydrogens is 310 g/mol. The second-order valence-corrected chi connectivity index (χ2v) is 6.17. The minimum Gasteiger partial charge on any atom is -0.480 e. The highest BCUT2D eigenvalue weighted by Crippen LogP contribution is 2.27. The molecule has 3 aromatic carbocycles. The van der Waals surface area contributed by atoms with Crippen LogP contribution in [0.2, 0.25) is 0 Å². The Hall–Kier alpha value is -2.81. The third-order valence-corrected chi connectivity index (χ3v) is 4.30. The lowest BCUT2D eigenvalue weighted by atomic mass is 10.1. The van der Waals surface area contributed by atoms with Gasteiger partial charge in [-0.05, 0) is 23.4 Å². The summed E-state index contributed by atoms with van der Waals surface area (Å²) in [5.41, 5.74) is 1.11. The number of benzene rings is 3. The van der Waals surface area contributed by atoms with Gasteiger partial charge in [-0.25, -0.2) is 0 Å². The predicted octanol–water partition coefficient (Wildman–Crippen LogP) is 4.66. The second-order valence-electron chi connectivity index (χ2n) is 6.17. The molecule has 128 valence electrons. The van der Waals surface area contributed by atoms with E-state index in [-0.39, 0.29) is 5.91 Å². The number of carbonyl (C=O) groups excluding carboxylic acids is 1. The first-order chi connectivity index (χ1) is 12.2. The van der Waals surface area contributed by atoms with Gasteiger partial charge in [-0.15, -0.1) is 0 Å². The number of nitrogens with zero attached hydrogens (tertiary/aromatic N) is 1. The fourth-order valence-corrected chi connectivity index (χ4v) is 2.94. The molecule has 0 unspecified atom stereocenters. The van der Waals surface area contributed by atoms with Crippen molar-refractivity contribution >= 4 is 16.7 Å². The Balaban J connectivity index is 1.76. The minimum atomic E-state index is -0.487. The quantitative estimate of drug-likeness (QED) is 0.657. The maximum absolute atomic E-state index is 12.8. The van der Waals surface area contributed by atoms with E-state index in [1.807, 2.05) is 86.8 Å². The lowest BCUT2D eigenvalue weighted by Gasteiger charge is -2.24. The van der Waals surface area contributed by atoms with Crippen LogP contribution in [-0.2, 0) is 11.3 Å². The molecule has 0 saturated heterocycles. The molecule has 3 nitrogen and oxygen atoms in total. The molecule has 3 heteroatoms. The monoisotopic (exact) mass is 333 g/mol. The summed E-state index contributed by atoms with van der Waals surface area (Å²) in [7, 11) is 1.82. The van der Waals surface area contributed by atoms with Crippen LogP contribution in [0.15, 0.2) is 72.8 Å². The average molecular weight is 333 g/mol. The normalized spacial score (nSPS) is 11.9. The van der Waals surface area contributed by atoms with Crippen LogP contribution in [0.4, 0.5) is 0 Å². The number of rotatable bonds is 6. The zero-order valence-electron chi connectivity index (χ0n) is 14.7. The number of amides is 1. The van der Waals surface area contributed by atoms with Crippen molar-refractivity contribution in [3.63, 3.8) is 0 Å². The zero-order chi connectivity index (χ0) is 17.6. The first-order valence-electron chi connectivity index (χ1n) is 8.62. The highest BCUT2D eigenvalue weighted by molar-refractivity contribution is 5.89. The predicted molar refractivity (Wildman–Crippen MR) is 102 cm³/mol. The number of hydrogen-bond donors (Lipinski definition) is 0. The van der Waals surface area contributed by atoms with E-state index in [2.05, 4.69) is 0 Å². The van der Waals surface area contributed by atoms with E-state index in [9.17, 15) is 4.79 Å². The molecule has 0 saturated carbocycles. The van der Waals surface area contributed by atoms with Crippen molar-refractivity contribution in [2.24, 2.45) is 0 Å². The summed E-state index contributed by atoms with van der Waals surface area (Å²) in [4.78, 5) is 14.6. The Morgan fingerprint density at radius 1 is 0.960 bits per heavy atom. The Bertz CT molecular complexity index is 840. The second kappa shape index (κ2) is 7.84. The summed E-state index contributed by atoms with van der Waals surface area (Å²) in [5, 5.41) is 2.14. The zero-order valence-corrected chi connectivity index (χ0v) is 14.7. The topological polar surface area (TPSA) is 29.5 Å². The molecule has 0 fully saturated rings. The van der Waals surface area contributed by atoms with E-state index in [1.165, 1.54) is 0 Å². The van der Waals surface area contributed by atoms with Gasteiger partial charge in [0.25, 0.3) is 5.91 Å². The van der Waals surface area contributed by atoms with Gasteiger partial charge in [0.15, 0.2) is 6.10 Å². The van der Waals surface area contributed by atoms with E-state index in [1.54, 1.807) is 4.90 Å². The van der Waals surface area contributed by atoms with E-state index >= 15 is 0 Å². The van der Waals surface area contributed by atoms with E-state index in [4.69, 9.17) is 4.74 Å². The van der Waals surface area contributed by atoms with E-state index in [0.717, 1.165) is 22.1 Å². The minimum absolute atomic E-state index is 0.000660. The molecule has 0 aliphatic carbocycles. The van der Waals surface area contributed by atoms with E-state index < -0.39 is 6.10 Å². The smallest absolute Gasteiger partial charge is 0.263 e. The van der Waals surface area contributed by atoms with Gasteiger partial charge in [-0.1, -0.05) is 73.7 Å². The Kier molecular flexibility index (Phi) is 5.34. The van der Waals surface area contributed by atoms with Crippen LogP contribution >= 0.6 is 0 Å². The maximum atomic E-state index is 12.8. The van der Waals surface area contributed by atoms with E-state index in [0.29, 0.717) is 13.0 Å². The van der Waals surface area contributed by atoms with Gasteiger partial charge in [0, 0.05) is 19.0 Å². The summed E-state index contributed by atoms with van der Waals surface area (Å²) in [6.07, 6.45) is 0.140. The molecule has 0 heterocycles. The fraction of sp³-hybridized carbons (Fsp3) is 0.227. The molecule has 0 spiro atoms. The number of hydrogen-bond acceptors (Lipinski definition) is 2. The molecule has 25 heavy (non-hydrogen) atoms. The van der Waals surface area contributed by atoms with Crippen molar-refractivity contribution in [1.29, 1.82) is 0 Å². The fourth-order valence-electron chi connectivity index (χ4n) is 2.94. The van der Waals surface area contributed by atoms with Crippen LogP contribution < -0.4 is 4.74 Å². The van der Waals surface area contributed by atoms with Crippen LogP contribution in [0.25, 0.3) is 10.8 Å². The lowest BCUT2D eigenvalue weighted by molar-refractivity contribution is -0.138. The SMILES string of the molecule is CC[C@@H](Oc1cccc2ccccc12)C(=O)N(C)Cc1ccccc1. The lowest BCUT2D eigenvalue weighted by Crippen LogP contribution is -2.39. The molecule has 0 aromatic heterocycles. The van der Waals surface area contributed by atoms with Crippen molar-refractivity contribution in [2.75, 3.05) is 7.05 Å². The molecule has 3 aromatic rings. The Labute approximate surface area is 148 Å². The summed E-state index contributed by atoms with van der Waals surface area (Å²) < 4.78 is 6.11. The van der Waals surface area contributed by atoms with Crippen LogP contribution in [0, 0.1) is 0 Å². The molecule has 0 N–H and O–H groups in total. The van der Waals surface area contributed by atoms with Gasteiger partial charge < -0.3 is 9.64 Å². The van der Waals surface area contributed by atoms with Gasteiger partial charge in [0.1, 0.15) is 5.75 Å². The Morgan fingerprint density at radius 2 is 1.64 bits per heavy atom. The van der Waals surface area contributed by atoms with Crippen LogP contribution in [-0.4, -0.2) is 24.0 Å². The average Bonchev–Trinajstić information content (AvgIpc) is 2.66. The number of likely N-dealkylation sites (N-methyl/N-ethyl adjacent to an activating group) is 1. The molecule has 0 bridgehead atoms. The van der Waals surface area contributed by atoms with Gasteiger partial charge >= 0.3 is 0 Å². The first-order valence-corrected chi connectivity index (χ1v) is 8.62. The largest absolute Gasteiger partial charge is 0.480 e. The van der Waals surface area contributed by atoms with Crippen molar-refractivity contribution < 1.29 is 9.53 Å².